The molecule has 0 N–H and O–H groups in total. The number of aryl methyl sites for hydroxylation is 1. The molecule has 17 heavy (non-hydrogen) atoms. The third-order valence-corrected chi connectivity index (χ3v) is 2.43. The first kappa shape index (κ1) is 13.6. The van der Waals surface area contributed by atoms with Crippen LogP contribution in [0, 0.1) is 0 Å². The van der Waals surface area contributed by atoms with Gasteiger partial charge in [0.25, 0.3) is 0 Å². The van der Waals surface area contributed by atoms with Gasteiger partial charge in [0.05, 0.1) is 13.2 Å². The van der Waals surface area contributed by atoms with Crippen LogP contribution in [-0.4, -0.2) is 19.2 Å². The standard InChI is InChI=1S/C14H20O3/c1-3-12-7-9-13(10-8-12)17-11-5-6-14(15)16-4-2/h7-10H,3-6,11H2,1-2H3. The lowest BCUT2D eigenvalue weighted by Gasteiger charge is -2.06. The summed E-state index contributed by atoms with van der Waals surface area (Å²) in [5, 5.41) is 0. The second kappa shape index (κ2) is 7.71. The van der Waals surface area contributed by atoms with Gasteiger partial charge < -0.3 is 9.47 Å². The van der Waals surface area contributed by atoms with Gasteiger partial charge in [0.2, 0.25) is 0 Å². The molecule has 1 aromatic carbocycles. The van der Waals surface area contributed by atoms with Crippen molar-refractivity contribution in [1.82, 2.24) is 0 Å². The highest BCUT2D eigenvalue weighted by Crippen LogP contribution is 2.12. The lowest BCUT2D eigenvalue weighted by Crippen LogP contribution is -2.06. The van der Waals surface area contributed by atoms with Crippen molar-refractivity contribution in [1.29, 1.82) is 0 Å². The normalized spacial score (nSPS) is 10.0. The lowest BCUT2D eigenvalue weighted by molar-refractivity contribution is -0.143. The molecule has 3 nitrogen and oxygen atoms in total. The summed E-state index contributed by atoms with van der Waals surface area (Å²) < 4.78 is 10.4. The van der Waals surface area contributed by atoms with Gasteiger partial charge in [-0.15, -0.1) is 0 Å². The molecule has 0 unspecified atom stereocenters. The van der Waals surface area contributed by atoms with Gasteiger partial charge in [0.15, 0.2) is 0 Å². The second-order valence-electron chi connectivity index (χ2n) is 3.75. The minimum atomic E-state index is -0.155. The quantitative estimate of drug-likeness (QED) is 0.539. The Morgan fingerprint density at radius 3 is 2.47 bits per heavy atom. The zero-order valence-corrected chi connectivity index (χ0v) is 10.6. The molecule has 94 valence electrons. The predicted molar refractivity (Wildman–Crippen MR) is 67.2 cm³/mol. The number of esters is 1. The highest BCUT2D eigenvalue weighted by atomic mass is 16.5. The molecule has 0 heterocycles. The van der Waals surface area contributed by atoms with E-state index in [1.165, 1.54) is 5.56 Å². The summed E-state index contributed by atoms with van der Waals surface area (Å²) in [7, 11) is 0. The van der Waals surface area contributed by atoms with Crippen LogP contribution in [0.3, 0.4) is 0 Å². The summed E-state index contributed by atoms with van der Waals surface area (Å²) in [5.74, 6) is 0.698. The van der Waals surface area contributed by atoms with Gasteiger partial charge >= 0.3 is 5.97 Å². The number of carbonyl (C=O) groups is 1. The Kier molecular flexibility index (Phi) is 6.15. The Morgan fingerprint density at radius 2 is 1.88 bits per heavy atom. The van der Waals surface area contributed by atoms with E-state index in [2.05, 4.69) is 19.1 Å². The van der Waals surface area contributed by atoms with E-state index in [-0.39, 0.29) is 5.97 Å². The molecule has 1 aromatic rings. The van der Waals surface area contributed by atoms with Crippen molar-refractivity contribution in [2.45, 2.75) is 33.1 Å². The van der Waals surface area contributed by atoms with Crippen molar-refractivity contribution in [3.05, 3.63) is 29.8 Å². The van der Waals surface area contributed by atoms with Gasteiger partial charge in [0, 0.05) is 6.42 Å². The smallest absolute Gasteiger partial charge is 0.305 e. The van der Waals surface area contributed by atoms with Gasteiger partial charge in [0.1, 0.15) is 5.75 Å². The lowest BCUT2D eigenvalue weighted by atomic mass is 10.2. The first-order valence-corrected chi connectivity index (χ1v) is 6.13. The van der Waals surface area contributed by atoms with E-state index in [1.807, 2.05) is 19.1 Å². The molecular weight excluding hydrogens is 216 g/mol. The van der Waals surface area contributed by atoms with E-state index in [0.717, 1.165) is 12.2 Å². The van der Waals surface area contributed by atoms with Crippen molar-refractivity contribution in [2.75, 3.05) is 13.2 Å². The largest absolute Gasteiger partial charge is 0.494 e. The van der Waals surface area contributed by atoms with Crippen molar-refractivity contribution in [2.24, 2.45) is 0 Å². The molecule has 0 spiro atoms. The van der Waals surface area contributed by atoms with Crippen LogP contribution in [0.5, 0.6) is 5.75 Å². The Bertz CT molecular complexity index is 330. The number of ether oxygens (including phenoxy) is 2. The molecular formula is C14H20O3. The van der Waals surface area contributed by atoms with Crippen LogP contribution in [0.25, 0.3) is 0 Å². The van der Waals surface area contributed by atoms with Crippen LogP contribution >= 0.6 is 0 Å². The highest BCUT2D eigenvalue weighted by molar-refractivity contribution is 5.69. The molecule has 0 aromatic heterocycles. The molecule has 0 aliphatic carbocycles. The number of rotatable bonds is 7. The van der Waals surface area contributed by atoms with Crippen LogP contribution in [0.1, 0.15) is 32.3 Å². The fraction of sp³-hybridized carbons (Fsp3) is 0.500. The van der Waals surface area contributed by atoms with E-state index in [1.54, 1.807) is 0 Å². The minimum absolute atomic E-state index is 0.155. The van der Waals surface area contributed by atoms with Gasteiger partial charge in [-0.05, 0) is 37.5 Å². The Morgan fingerprint density at radius 1 is 1.18 bits per heavy atom. The maximum absolute atomic E-state index is 11.1. The molecule has 0 saturated heterocycles. The zero-order chi connectivity index (χ0) is 12.5. The van der Waals surface area contributed by atoms with Crippen LogP contribution < -0.4 is 4.74 Å². The fourth-order valence-corrected chi connectivity index (χ4v) is 1.46. The van der Waals surface area contributed by atoms with Gasteiger partial charge in [-0.2, -0.15) is 0 Å². The first-order valence-electron chi connectivity index (χ1n) is 6.13. The SMILES string of the molecule is CCOC(=O)CCCOc1ccc(CC)cc1. The zero-order valence-electron chi connectivity index (χ0n) is 10.6. The topological polar surface area (TPSA) is 35.5 Å². The molecule has 1 rings (SSSR count). The molecule has 0 aliphatic heterocycles. The summed E-state index contributed by atoms with van der Waals surface area (Å²) in [5.41, 5.74) is 1.30. The maximum Gasteiger partial charge on any atom is 0.305 e. The Balaban J connectivity index is 2.19. The van der Waals surface area contributed by atoms with Crippen LogP contribution in [-0.2, 0) is 16.0 Å². The highest BCUT2D eigenvalue weighted by Gasteiger charge is 2.01. The molecule has 0 saturated carbocycles. The van der Waals surface area contributed by atoms with Gasteiger partial charge in [-0.1, -0.05) is 19.1 Å². The number of hydrogen-bond acceptors (Lipinski definition) is 3. The van der Waals surface area contributed by atoms with Crippen molar-refractivity contribution < 1.29 is 14.3 Å². The second-order valence-corrected chi connectivity index (χ2v) is 3.75. The van der Waals surface area contributed by atoms with Crippen molar-refractivity contribution in [3.63, 3.8) is 0 Å². The summed E-state index contributed by atoms with van der Waals surface area (Å²) in [4.78, 5) is 11.1. The summed E-state index contributed by atoms with van der Waals surface area (Å²) in [6.45, 7) is 4.92. The molecule has 3 heteroatoms. The number of hydrogen-bond donors (Lipinski definition) is 0. The molecule has 0 radical (unpaired) electrons. The monoisotopic (exact) mass is 236 g/mol. The maximum atomic E-state index is 11.1. The van der Waals surface area contributed by atoms with Crippen molar-refractivity contribution >= 4 is 5.97 Å². The summed E-state index contributed by atoms with van der Waals surface area (Å²) >= 11 is 0. The number of carbonyl (C=O) groups excluding carboxylic acids is 1. The van der Waals surface area contributed by atoms with Crippen LogP contribution in [0.2, 0.25) is 0 Å². The van der Waals surface area contributed by atoms with E-state index in [4.69, 9.17) is 9.47 Å². The van der Waals surface area contributed by atoms with E-state index in [0.29, 0.717) is 26.1 Å². The van der Waals surface area contributed by atoms with Gasteiger partial charge in [-0.3, -0.25) is 4.79 Å². The average Bonchev–Trinajstić information content (AvgIpc) is 2.36. The summed E-state index contributed by atoms with van der Waals surface area (Å²) in [6, 6.07) is 8.04. The minimum Gasteiger partial charge on any atom is -0.494 e. The first-order chi connectivity index (χ1) is 8.26. The van der Waals surface area contributed by atoms with E-state index >= 15 is 0 Å². The average molecular weight is 236 g/mol. The molecule has 0 bridgehead atoms. The van der Waals surface area contributed by atoms with Crippen molar-refractivity contribution in [3.8, 4) is 5.75 Å². The molecule has 0 aliphatic rings. The third-order valence-electron chi connectivity index (χ3n) is 2.43. The van der Waals surface area contributed by atoms with Gasteiger partial charge in [-0.25, -0.2) is 0 Å². The summed E-state index contributed by atoms with van der Waals surface area (Å²) in [6.07, 6.45) is 2.14. The van der Waals surface area contributed by atoms with E-state index in [9.17, 15) is 4.79 Å². The predicted octanol–water partition coefficient (Wildman–Crippen LogP) is 2.97. The molecule has 0 fully saturated rings. The molecule has 0 amide bonds. The number of benzene rings is 1. The Labute approximate surface area is 103 Å². The van der Waals surface area contributed by atoms with E-state index < -0.39 is 0 Å². The fourth-order valence-electron chi connectivity index (χ4n) is 1.46. The Hall–Kier alpha value is -1.51. The molecule has 0 atom stereocenters. The third kappa shape index (κ3) is 5.38. The van der Waals surface area contributed by atoms with Crippen LogP contribution in [0.15, 0.2) is 24.3 Å². The van der Waals surface area contributed by atoms with Crippen LogP contribution in [0.4, 0.5) is 0 Å².